The first-order valence-electron chi connectivity index (χ1n) is 10.1. The van der Waals surface area contributed by atoms with Crippen LogP contribution < -0.4 is 0 Å². The van der Waals surface area contributed by atoms with Crippen LogP contribution in [-0.4, -0.2) is 82.9 Å². The van der Waals surface area contributed by atoms with Crippen molar-refractivity contribution in [3.63, 3.8) is 0 Å². The van der Waals surface area contributed by atoms with Gasteiger partial charge in [-0.25, -0.2) is 4.79 Å². The number of carbonyl (C=O) groups is 2. The molecule has 1 atom stereocenters. The third-order valence-corrected chi connectivity index (χ3v) is 6.38. The monoisotopic (exact) mass is 370 g/mol. The summed E-state index contributed by atoms with van der Waals surface area (Å²) in [6.07, 6.45) is 2.10. The summed E-state index contributed by atoms with van der Waals surface area (Å²) in [7, 11) is 0. The molecule has 0 N–H and O–H groups in total. The molecule has 0 spiro atoms. The van der Waals surface area contributed by atoms with Crippen LogP contribution in [0, 0.1) is 6.92 Å². The lowest BCUT2D eigenvalue weighted by Crippen LogP contribution is -2.57. The molecular formula is C21H30N4O2. The molecule has 27 heavy (non-hydrogen) atoms. The average Bonchev–Trinajstić information content (AvgIpc) is 2.98. The molecule has 0 aromatic heterocycles. The van der Waals surface area contributed by atoms with Crippen LogP contribution in [0.15, 0.2) is 24.3 Å². The minimum atomic E-state index is 0.186. The fourth-order valence-electron chi connectivity index (χ4n) is 4.73. The fourth-order valence-corrected chi connectivity index (χ4v) is 4.73. The number of carbonyl (C=O) groups excluding carboxylic acids is 2. The average molecular weight is 370 g/mol. The third-order valence-electron chi connectivity index (χ3n) is 6.38. The predicted molar refractivity (Wildman–Crippen MR) is 104 cm³/mol. The van der Waals surface area contributed by atoms with Crippen LogP contribution in [0.4, 0.5) is 4.79 Å². The highest BCUT2D eigenvalue weighted by Gasteiger charge is 2.42. The van der Waals surface area contributed by atoms with Crippen LogP contribution in [0.5, 0.6) is 0 Å². The molecule has 3 aliphatic heterocycles. The second kappa shape index (κ2) is 7.50. The lowest BCUT2D eigenvalue weighted by atomic mass is 10.0. The van der Waals surface area contributed by atoms with Crippen LogP contribution in [0.25, 0.3) is 0 Å². The van der Waals surface area contributed by atoms with Gasteiger partial charge in [0.05, 0.1) is 6.04 Å². The van der Waals surface area contributed by atoms with E-state index in [-0.39, 0.29) is 11.9 Å². The van der Waals surface area contributed by atoms with Crippen molar-refractivity contribution in [3.05, 3.63) is 35.4 Å². The van der Waals surface area contributed by atoms with E-state index in [1.807, 2.05) is 9.80 Å². The number of benzene rings is 1. The van der Waals surface area contributed by atoms with Gasteiger partial charge in [0.2, 0.25) is 5.91 Å². The van der Waals surface area contributed by atoms with Crippen molar-refractivity contribution in [2.24, 2.45) is 0 Å². The second-order valence-corrected chi connectivity index (χ2v) is 8.23. The first-order valence-corrected chi connectivity index (χ1v) is 10.1. The van der Waals surface area contributed by atoms with E-state index in [9.17, 15) is 9.59 Å². The lowest BCUT2D eigenvalue weighted by Gasteiger charge is -2.43. The summed E-state index contributed by atoms with van der Waals surface area (Å²) in [6, 6.07) is 9.49. The summed E-state index contributed by atoms with van der Waals surface area (Å²) >= 11 is 0. The number of aryl methyl sites for hydroxylation is 1. The Morgan fingerprint density at radius 3 is 2.37 bits per heavy atom. The third kappa shape index (κ3) is 3.81. The van der Waals surface area contributed by atoms with Gasteiger partial charge in [0, 0.05) is 58.8 Å². The molecule has 3 fully saturated rings. The molecular weight excluding hydrogens is 340 g/mol. The molecule has 146 valence electrons. The van der Waals surface area contributed by atoms with Crippen molar-refractivity contribution in [2.45, 2.75) is 45.3 Å². The maximum absolute atomic E-state index is 12.8. The quantitative estimate of drug-likeness (QED) is 0.817. The number of rotatable bonds is 3. The van der Waals surface area contributed by atoms with E-state index >= 15 is 0 Å². The summed E-state index contributed by atoms with van der Waals surface area (Å²) in [5.74, 6) is 0.186. The van der Waals surface area contributed by atoms with Gasteiger partial charge in [0.25, 0.3) is 0 Å². The Hall–Kier alpha value is -2.08. The van der Waals surface area contributed by atoms with Gasteiger partial charge in [-0.1, -0.05) is 29.8 Å². The molecule has 3 heterocycles. The largest absolute Gasteiger partial charge is 0.343 e. The molecule has 0 radical (unpaired) electrons. The van der Waals surface area contributed by atoms with E-state index in [1.54, 1.807) is 6.92 Å². The number of piperidine rings is 1. The molecule has 4 rings (SSSR count). The smallest absolute Gasteiger partial charge is 0.320 e. The highest BCUT2D eigenvalue weighted by Crippen LogP contribution is 2.26. The first-order chi connectivity index (χ1) is 13.0. The van der Waals surface area contributed by atoms with Crippen molar-refractivity contribution in [1.82, 2.24) is 19.6 Å². The second-order valence-electron chi connectivity index (χ2n) is 8.23. The molecule has 3 saturated heterocycles. The molecule has 0 saturated carbocycles. The summed E-state index contributed by atoms with van der Waals surface area (Å²) in [5.41, 5.74) is 2.44. The van der Waals surface area contributed by atoms with Gasteiger partial charge in [-0.15, -0.1) is 0 Å². The van der Waals surface area contributed by atoms with Crippen LogP contribution in [-0.2, 0) is 11.3 Å². The van der Waals surface area contributed by atoms with Gasteiger partial charge in [0.1, 0.15) is 0 Å². The van der Waals surface area contributed by atoms with Crippen molar-refractivity contribution in [1.29, 1.82) is 0 Å². The lowest BCUT2D eigenvalue weighted by molar-refractivity contribution is -0.130. The van der Waals surface area contributed by atoms with Gasteiger partial charge in [-0.05, 0) is 25.3 Å². The Kier molecular flexibility index (Phi) is 5.08. The zero-order valence-corrected chi connectivity index (χ0v) is 16.4. The summed E-state index contributed by atoms with van der Waals surface area (Å²) in [6.45, 7) is 9.71. The zero-order valence-electron chi connectivity index (χ0n) is 16.4. The van der Waals surface area contributed by atoms with Gasteiger partial charge in [-0.2, -0.15) is 0 Å². The van der Waals surface area contributed by atoms with Gasteiger partial charge in [-0.3, -0.25) is 9.69 Å². The number of nitrogens with zero attached hydrogens (tertiary/aromatic N) is 4. The predicted octanol–water partition coefficient (Wildman–Crippen LogP) is 1.93. The van der Waals surface area contributed by atoms with E-state index in [1.165, 1.54) is 11.1 Å². The fraction of sp³-hybridized carbons (Fsp3) is 0.619. The summed E-state index contributed by atoms with van der Waals surface area (Å²) < 4.78 is 0. The number of fused-ring (bicyclic) bond motifs is 1. The van der Waals surface area contributed by atoms with Crippen LogP contribution >= 0.6 is 0 Å². The van der Waals surface area contributed by atoms with Crippen molar-refractivity contribution in [3.8, 4) is 0 Å². The summed E-state index contributed by atoms with van der Waals surface area (Å²) in [5, 5.41) is 0. The van der Waals surface area contributed by atoms with E-state index in [0.717, 1.165) is 52.1 Å². The molecule has 1 aromatic rings. The number of urea groups is 1. The minimum absolute atomic E-state index is 0.186. The Bertz CT molecular complexity index is 697. The van der Waals surface area contributed by atoms with Crippen LogP contribution in [0.3, 0.4) is 0 Å². The molecule has 0 aliphatic carbocycles. The van der Waals surface area contributed by atoms with Crippen molar-refractivity contribution >= 4 is 11.9 Å². The van der Waals surface area contributed by atoms with E-state index in [0.29, 0.717) is 18.6 Å². The Balaban J connectivity index is 1.34. The van der Waals surface area contributed by atoms with Crippen LogP contribution in [0.1, 0.15) is 30.9 Å². The van der Waals surface area contributed by atoms with Crippen molar-refractivity contribution < 1.29 is 9.59 Å². The minimum Gasteiger partial charge on any atom is -0.343 e. The molecule has 6 heteroatoms. The number of hydrogen-bond donors (Lipinski definition) is 0. The van der Waals surface area contributed by atoms with Crippen molar-refractivity contribution in [2.75, 3.05) is 39.3 Å². The number of hydrogen-bond acceptors (Lipinski definition) is 3. The molecule has 1 aromatic carbocycles. The maximum atomic E-state index is 12.8. The van der Waals surface area contributed by atoms with E-state index in [4.69, 9.17) is 0 Å². The zero-order chi connectivity index (χ0) is 19.0. The Morgan fingerprint density at radius 1 is 1.00 bits per heavy atom. The topological polar surface area (TPSA) is 47.1 Å². The van der Waals surface area contributed by atoms with E-state index in [2.05, 4.69) is 41.0 Å². The Morgan fingerprint density at radius 2 is 1.70 bits per heavy atom. The SMILES string of the molecule is CC(=O)N1CCC(N2CCN3C(=O)N(Cc4ccc(C)cc4)CC3C2)CC1. The molecule has 1 unspecified atom stereocenters. The summed E-state index contributed by atoms with van der Waals surface area (Å²) in [4.78, 5) is 32.9. The highest BCUT2D eigenvalue weighted by atomic mass is 16.2. The first kappa shape index (κ1) is 18.3. The van der Waals surface area contributed by atoms with Gasteiger partial charge in [0.15, 0.2) is 0 Å². The molecule has 3 aliphatic rings. The maximum Gasteiger partial charge on any atom is 0.320 e. The number of piperazine rings is 1. The normalized spacial score (nSPS) is 24.4. The van der Waals surface area contributed by atoms with Gasteiger partial charge < -0.3 is 14.7 Å². The molecule has 0 bridgehead atoms. The van der Waals surface area contributed by atoms with Crippen LogP contribution in [0.2, 0.25) is 0 Å². The molecule has 3 amide bonds. The number of likely N-dealkylation sites (tertiary alicyclic amines) is 1. The van der Waals surface area contributed by atoms with E-state index < -0.39 is 0 Å². The van der Waals surface area contributed by atoms with Gasteiger partial charge >= 0.3 is 6.03 Å². The Labute approximate surface area is 161 Å². The molecule has 6 nitrogen and oxygen atoms in total. The number of amides is 3. The standard InChI is InChI=1S/C21H30N4O2/c1-16-3-5-18(6-4-16)13-24-15-20-14-23(11-12-25(20)21(24)27)19-7-9-22(10-8-19)17(2)26/h3-6,19-20H,7-15H2,1-2H3. The highest BCUT2D eigenvalue weighted by molar-refractivity contribution is 5.77.